The summed E-state index contributed by atoms with van der Waals surface area (Å²) in [7, 11) is 0. The fourth-order valence-electron chi connectivity index (χ4n) is 2.55. The highest BCUT2D eigenvalue weighted by Crippen LogP contribution is 2.34. The zero-order valence-corrected chi connectivity index (χ0v) is 6.75. The van der Waals surface area contributed by atoms with E-state index in [0.29, 0.717) is 5.92 Å². The summed E-state index contributed by atoms with van der Waals surface area (Å²) in [6.45, 7) is 1.08. The van der Waals surface area contributed by atoms with Gasteiger partial charge in [0.25, 0.3) is 0 Å². The lowest BCUT2D eigenvalue weighted by Gasteiger charge is -2.25. The van der Waals surface area contributed by atoms with E-state index < -0.39 is 0 Å². The number of aldehydes is 1. The Hall–Kier alpha value is -0.370. The van der Waals surface area contributed by atoms with E-state index in [0.717, 1.165) is 18.7 Å². The Balaban J connectivity index is 2.03. The highest BCUT2D eigenvalue weighted by Gasteiger charge is 2.36. The second-order valence-electron chi connectivity index (χ2n) is 3.78. The van der Waals surface area contributed by atoms with Gasteiger partial charge in [0.15, 0.2) is 0 Å². The largest absolute Gasteiger partial charge is 0.307 e. The molecule has 1 N–H and O–H groups in total. The Kier molecular flexibility index (Phi) is 1.95. The minimum absolute atomic E-state index is 0.181. The first kappa shape index (κ1) is 7.29. The van der Waals surface area contributed by atoms with E-state index in [-0.39, 0.29) is 6.04 Å². The molecule has 11 heavy (non-hydrogen) atoms. The van der Waals surface area contributed by atoms with Gasteiger partial charge in [-0.15, -0.1) is 0 Å². The van der Waals surface area contributed by atoms with Crippen LogP contribution in [0.2, 0.25) is 0 Å². The Morgan fingerprint density at radius 3 is 2.91 bits per heavy atom. The lowest BCUT2D eigenvalue weighted by atomic mass is 9.79. The van der Waals surface area contributed by atoms with Gasteiger partial charge in [0.1, 0.15) is 6.29 Å². The average Bonchev–Trinajstić information content (AvgIpc) is 2.47. The van der Waals surface area contributed by atoms with E-state index >= 15 is 0 Å². The SMILES string of the molecule is O=C[C@H]1NCC2CCCCC21. The van der Waals surface area contributed by atoms with Crippen LogP contribution in [0.5, 0.6) is 0 Å². The van der Waals surface area contributed by atoms with Crippen molar-refractivity contribution in [3.8, 4) is 0 Å². The van der Waals surface area contributed by atoms with Gasteiger partial charge in [-0.05, 0) is 31.2 Å². The average molecular weight is 153 g/mol. The molecule has 3 atom stereocenters. The zero-order chi connectivity index (χ0) is 7.68. The highest BCUT2D eigenvalue weighted by atomic mass is 16.1. The maximum atomic E-state index is 10.6. The Morgan fingerprint density at radius 2 is 2.09 bits per heavy atom. The Morgan fingerprint density at radius 1 is 1.27 bits per heavy atom. The van der Waals surface area contributed by atoms with Crippen LogP contribution in [-0.4, -0.2) is 18.9 Å². The van der Waals surface area contributed by atoms with E-state index in [4.69, 9.17) is 0 Å². The monoisotopic (exact) mass is 153 g/mol. The molecule has 0 spiro atoms. The topological polar surface area (TPSA) is 29.1 Å². The molecule has 2 fully saturated rings. The molecule has 0 radical (unpaired) electrons. The molecule has 0 amide bonds. The van der Waals surface area contributed by atoms with Crippen molar-refractivity contribution in [3.05, 3.63) is 0 Å². The summed E-state index contributed by atoms with van der Waals surface area (Å²) in [5.74, 6) is 1.47. The molecule has 1 saturated carbocycles. The van der Waals surface area contributed by atoms with Crippen molar-refractivity contribution in [1.29, 1.82) is 0 Å². The molecule has 0 aromatic rings. The third-order valence-corrected chi connectivity index (χ3v) is 3.19. The van der Waals surface area contributed by atoms with Crippen molar-refractivity contribution in [2.24, 2.45) is 11.8 Å². The molecule has 2 unspecified atom stereocenters. The summed E-state index contributed by atoms with van der Waals surface area (Å²) in [6.07, 6.45) is 6.39. The number of carbonyl (C=O) groups is 1. The second kappa shape index (κ2) is 2.94. The number of hydrogen-bond acceptors (Lipinski definition) is 2. The molecule has 2 heteroatoms. The normalized spacial score (nSPS) is 43.5. The minimum Gasteiger partial charge on any atom is -0.307 e. The molecule has 1 aliphatic heterocycles. The molecule has 62 valence electrons. The van der Waals surface area contributed by atoms with Crippen molar-refractivity contribution in [1.82, 2.24) is 5.32 Å². The Labute approximate surface area is 67.4 Å². The molecule has 2 nitrogen and oxygen atoms in total. The van der Waals surface area contributed by atoms with Crippen molar-refractivity contribution in [2.45, 2.75) is 31.7 Å². The van der Waals surface area contributed by atoms with Crippen LogP contribution in [0.25, 0.3) is 0 Å². The van der Waals surface area contributed by atoms with Crippen LogP contribution in [0.15, 0.2) is 0 Å². The molecular formula is C9H15NO. The predicted octanol–water partition coefficient (Wildman–Crippen LogP) is 0.963. The molecule has 0 aromatic heterocycles. The van der Waals surface area contributed by atoms with Crippen molar-refractivity contribution in [3.63, 3.8) is 0 Å². The molecule has 0 aromatic carbocycles. The van der Waals surface area contributed by atoms with E-state index in [2.05, 4.69) is 5.32 Å². The van der Waals surface area contributed by atoms with Gasteiger partial charge in [-0.25, -0.2) is 0 Å². The highest BCUT2D eigenvalue weighted by molar-refractivity contribution is 5.59. The quantitative estimate of drug-likeness (QED) is 0.568. The molecule has 0 bridgehead atoms. The fraction of sp³-hybridized carbons (Fsp3) is 0.889. The summed E-state index contributed by atoms with van der Waals surface area (Å²) >= 11 is 0. The zero-order valence-electron chi connectivity index (χ0n) is 6.75. The number of hydrogen-bond donors (Lipinski definition) is 1. The number of nitrogens with one attached hydrogen (secondary N) is 1. The van der Waals surface area contributed by atoms with Gasteiger partial charge in [0.2, 0.25) is 0 Å². The van der Waals surface area contributed by atoms with Crippen LogP contribution < -0.4 is 5.32 Å². The smallest absolute Gasteiger partial charge is 0.137 e. The first-order chi connectivity index (χ1) is 5.42. The molecular weight excluding hydrogens is 138 g/mol. The van der Waals surface area contributed by atoms with Crippen molar-refractivity contribution in [2.75, 3.05) is 6.54 Å². The summed E-state index contributed by atoms with van der Waals surface area (Å²) in [6, 6.07) is 0.181. The van der Waals surface area contributed by atoms with Crippen molar-refractivity contribution < 1.29 is 4.79 Å². The molecule has 2 aliphatic rings. The first-order valence-electron chi connectivity index (χ1n) is 4.60. The van der Waals surface area contributed by atoms with Crippen LogP contribution in [0.3, 0.4) is 0 Å². The summed E-state index contributed by atoms with van der Waals surface area (Å²) in [5.41, 5.74) is 0. The predicted molar refractivity (Wildman–Crippen MR) is 43.3 cm³/mol. The number of carbonyl (C=O) groups excluding carboxylic acids is 1. The number of fused-ring (bicyclic) bond motifs is 1. The molecule has 1 heterocycles. The van der Waals surface area contributed by atoms with Crippen LogP contribution in [0.4, 0.5) is 0 Å². The molecule has 2 rings (SSSR count). The van der Waals surface area contributed by atoms with Gasteiger partial charge >= 0.3 is 0 Å². The Bertz CT molecular complexity index is 158. The number of rotatable bonds is 1. The minimum atomic E-state index is 0.181. The van der Waals surface area contributed by atoms with Gasteiger partial charge in [-0.3, -0.25) is 0 Å². The van der Waals surface area contributed by atoms with Crippen molar-refractivity contribution >= 4 is 6.29 Å². The lowest BCUT2D eigenvalue weighted by Crippen LogP contribution is -2.29. The summed E-state index contributed by atoms with van der Waals surface area (Å²) in [4.78, 5) is 10.6. The van der Waals surface area contributed by atoms with Gasteiger partial charge in [-0.1, -0.05) is 12.8 Å². The van der Waals surface area contributed by atoms with E-state index in [1.54, 1.807) is 0 Å². The third kappa shape index (κ3) is 1.20. The summed E-state index contributed by atoms with van der Waals surface area (Å²) < 4.78 is 0. The molecule has 1 aliphatic carbocycles. The van der Waals surface area contributed by atoms with Gasteiger partial charge < -0.3 is 10.1 Å². The third-order valence-electron chi connectivity index (χ3n) is 3.19. The summed E-state index contributed by atoms with van der Waals surface area (Å²) in [5, 5.41) is 3.28. The van der Waals surface area contributed by atoms with Crippen LogP contribution in [0.1, 0.15) is 25.7 Å². The van der Waals surface area contributed by atoms with Crippen LogP contribution in [-0.2, 0) is 4.79 Å². The van der Waals surface area contributed by atoms with E-state index in [1.807, 2.05) is 0 Å². The molecule has 1 saturated heterocycles. The maximum Gasteiger partial charge on any atom is 0.137 e. The lowest BCUT2D eigenvalue weighted by molar-refractivity contribution is -0.110. The van der Waals surface area contributed by atoms with E-state index in [9.17, 15) is 4.79 Å². The second-order valence-corrected chi connectivity index (χ2v) is 3.78. The van der Waals surface area contributed by atoms with Gasteiger partial charge in [0, 0.05) is 0 Å². The van der Waals surface area contributed by atoms with Crippen LogP contribution in [0, 0.1) is 11.8 Å². The first-order valence-corrected chi connectivity index (χ1v) is 4.60. The standard InChI is InChI=1S/C9H15NO/c11-6-9-8-4-2-1-3-7(8)5-10-9/h6-10H,1-5H2/t7?,8?,9-/m1/s1. The van der Waals surface area contributed by atoms with E-state index in [1.165, 1.54) is 25.7 Å². The maximum absolute atomic E-state index is 10.6. The van der Waals surface area contributed by atoms with Gasteiger partial charge in [0.05, 0.1) is 6.04 Å². The van der Waals surface area contributed by atoms with Crippen LogP contribution >= 0.6 is 0 Å². The fourth-order valence-corrected chi connectivity index (χ4v) is 2.55. The van der Waals surface area contributed by atoms with Gasteiger partial charge in [-0.2, -0.15) is 0 Å².